The molecule has 3 rings (SSSR count). The summed E-state index contributed by atoms with van der Waals surface area (Å²) in [5.41, 5.74) is -0.0775. The summed E-state index contributed by atoms with van der Waals surface area (Å²) in [6, 6.07) is 7.72. The number of piperazine rings is 1. The van der Waals surface area contributed by atoms with E-state index in [0.29, 0.717) is 37.8 Å². The summed E-state index contributed by atoms with van der Waals surface area (Å²) in [6.45, 7) is 2.71. The molecule has 0 aromatic carbocycles. The lowest BCUT2D eigenvalue weighted by atomic mass is 10.2. The molecule has 4 nitrogen and oxygen atoms in total. The van der Waals surface area contributed by atoms with Crippen molar-refractivity contribution >= 4 is 11.6 Å². The molecule has 0 saturated carbocycles. The Morgan fingerprint density at radius 2 is 1.59 bits per heavy atom. The van der Waals surface area contributed by atoms with E-state index in [9.17, 15) is 13.2 Å². The normalized spacial score (nSPS) is 15.5. The Kier molecular flexibility index (Phi) is 4.13. The van der Waals surface area contributed by atoms with E-state index in [1.165, 1.54) is 18.3 Å². The lowest BCUT2D eigenvalue weighted by molar-refractivity contribution is 0.151. The zero-order valence-electron chi connectivity index (χ0n) is 11.8. The Balaban J connectivity index is 1.64. The maximum Gasteiger partial charge on any atom is 0.265 e. The second-order valence-corrected chi connectivity index (χ2v) is 5.04. The van der Waals surface area contributed by atoms with Gasteiger partial charge in [-0.25, -0.2) is 18.7 Å². The third-order valence-electron chi connectivity index (χ3n) is 3.65. The molecular formula is C15H15F3N4. The molecule has 0 atom stereocenters. The maximum atomic E-state index is 13.1. The van der Waals surface area contributed by atoms with Crippen LogP contribution in [0, 0.1) is 5.95 Å². The molecule has 3 heterocycles. The van der Waals surface area contributed by atoms with Gasteiger partial charge in [0.1, 0.15) is 11.6 Å². The fourth-order valence-corrected chi connectivity index (χ4v) is 2.45. The van der Waals surface area contributed by atoms with Gasteiger partial charge in [0, 0.05) is 37.9 Å². The summed E-state index contributed by atoms with van der Waals surface area (Å²) in [4.78, 5) is 12.0. The van der Waals surface area contributed by atoms with Crippen LogP contribution in [-0.2, 0) is 0 Å². The zero-order chi connectivity index (χ0) is 15.5. The van der Waals surface area contributed by atoms with Gasteiger partial charge >= 0.3 is 0 Å². The van der Waals surface area contributed by atoms with Gasteiger partial charge in [0.25, 0.3) is 6.43 Å². The monoisotopic (exact) mass is 308 g/mol. The number of alkyl halides is 2. The number of aromatic nitrogens is 2. The maximum absolute atomic E-state index is 13.1. The average Bonchev–Trinajstić information content (AvgIpc) is 2.55. The molecule has 2 aromatic rings. The van der Waals surface area contributed by atoms with Crippen molar-refractivity contribution in [1.82, 2.24) is 9.97 Å². The van der Waals surface area contributed by atoms with E-state index in [0.717, 1.165) is 0 Å². The largest absolute Gasteiger partial charge is 0.353 e. The van der Waals surface area contributed by atoms with E-state index >= 15 is 0 Å². The molecule has 0 bridgehead atoms. The van der Waals surface area contributed by atoms with Crippen molar-refractivity contribution in [3.05, 3.63) is 48.0 Å². The highest BCUT2D eigenvalue weighted by Gasteiger charge is 2.19. The van der Waals surface area contributed by atoms with Crippen molar-refractivity contribution in [3.8, 4) is 0 Å². The Morgan fingerprint density at radius 3 is 2.14 bits per heavy atom. The van der Waals surface area contributed by atoms with Crippen LogP contribution in [0.4, 0.5) is 24.8 Å². The van der Waals surface area contributed by atoms with Gasteiger partial charge in [-0.15, -0.1) is 0 Å². The standard InChI is InChI=1S/C15H15F3N4/c16-12-2-1-3-14(20-12)22-8-6-21(7-9-22)13-5-4-11(10-19-13)15(17)18/h1-5,10,15H,6-9H2. The predicted octanol–water partition coefficient (Wildman–Crippen LogP) is 2.88. The van der Waals surface area contributed by atoms with E-state index < -0.39 is 12.4 Å². The predicted molar refractivity (Wildman–Crippen MR) is 77.8 cm³/mol. The van der Waals surface area contributed by atoms with Crippen molar-refractivity contribution in [2.24, 2.45) is 0 Å². The summed E-state index contributed by atoms with van der Waals surface area (Å²) >= 11 is 0. The summed E-state index contributed by atoms with van der Waals surface area (Å²) < 4.78 is 38.2. The molecule has 1 aliphatic rings. The SMILES string of the molecule is Fc1cccc(N2CCN(c3ccc(C(F)F)cn3)CC2)n1. The number of hydrogen-bond donors (Lipinski definition) is 0. The van der Waals surface area contributed by atoms with Gasteiger partial charge in [-0.3, -0.25) is 0 Å². The topological polar surface area (TPSA) is 32.3 Å². The first-order chi connectivity index (χ1) is 10.6. The van der Waals surface area contributed by atoms with E-state index in [4.69, 9.17) is 0 Å². The van der Waals surface area contributed by atoms with Crippen LogP contribution in [0.25, 0.3) is 0 Å². The van der Waals surface area contributed by atoms with Crippen LogP contribution in [-0.4, -0.2) is 36.1 Å². The Morgan fingerprint density at radius 1 is 0.909 bits per heavy atom. The molecule has 1 fully saturated rings. The molecule has 7 heteroatoms. The highest BCUT2D eigenvalue weighted by atomic mass is 19.3. The van der Waals surface area contributed by atoms with Crippen LogP contribution in [0.5, 0.6) is 0 Å². The van der Waals surface area contributed by atoms with Crippen molar-refractivity contribution in [1.29, 1.82) is 0 Å². The quantitative estimate of drug-likeness (QED) is 0.816. The average molecular weight is 308 g/mol. The van der Waals surface area contributed by atoms with Crippen molar-refractivity contribution < 1.29 is 13.2 Å². The molecule has 0 radical (unpaired) electrons. The van der Waals surface area contributed by atoms with Crippen LogP contribution < -0.4 is 9.80 Å². The molecule has 0 N–H and O–H groups in total. The summed E-state index contributed by atoms with van der Waals surface area (Å²) in [7, 11) is 0. The second kappa shape index (κ2) is 6.21. The molecular weight excluding hydrogens is 293 g/mol. The number of hydrogen-bond acceptors (Lipinski definition) is 4. The van der Waals surface area contributed by atoms with Crippen LogP contribution in [0.15, 0.2) is 36.5 Å². The van der Waals surface area contributed by atoms with E-state index in [1.54, 1.807) is 18.2 Å². The Hall–Kier alpha value is -2.31. The number of pyridine rings is 2. The van der Waals surface area contributed by atoms with Crippen LogP contribution in [0.1, 0.15) is 12.0 Å². The van der Waals surface area contributed by atoms with Gasteiger partial charge in [-0.2, -0.15) is 4.39 Å². The second-order valence-electron chi connectivity index (χ2n) is 5.04. The third kappa shape index (κ3) is 3.13. The first-order valence-electron chi connectivity index (χ1n) is 7.00. The first kappa shape index (κ1) is 14.6. The summed E-state index contributed by atoms with van der Waals surface area (Å²) in [5.74, 6) is 0.793. The van der Waals surface area contributed by atoms with E-state index in [-0.39, 0.29) is 5.56 Å². The number of anilines is 2. The fourth-order valence-electron chi connectivity index (χ4n) is 2.45. The van der Waals surface area contributed by atoms with Gasteiger partial charge in [0.2, 0.25) is 5.95 Å². The Labute approximate surface area is 126 Å². The van der Waals surface area contributed by atoms with Crippen molar-refractivity contribution in [2.45, 2.75) is 6.43 Å². The van der Waals surface area contributed by atoms with Gasteiger partial charge in [0.15, 0.2) is 0 Å². The van der Waals surface area contributed by atoms with Crippen LogP contribution in [0.2, 0.25) is 0 Å². The zero-order valence-corrected chi connectivity index (χ0v) is 11.8. The lowest BCUT2D eigenvalue weighted by Gasteiger charge is -2.36. The third-order valence-corrected chi connectivity index (χ3v) is 3.65. The summed E-state index contributed by atoms with van der Waals surface area (Å²) in [5, 5.41) is 0. The van der Waals surface area contributed by atoms with Gasteiger partial charge in [-0.05, 0) is 24.3 Å². The number of nitrogens with zero attached hydrogens (tertiary/aromatic N) is 4. The molecule has 0 amide bonds. The molecule has 2 aromatic heterocycles. The van der Waals surface area contributed by atoms with Crippen LogP contribution in [0.3, 0.4) is 0 Å². The van der Waals surface area contributed by atoms with Crippen molar-refractivity contribution in [3.63, 3.8) is 0 Å². The molecule has 0 aliphatic carbocycles. The molecule has 0 spiro atoms. The van der Waals surface area contributed by atoms with Gasteiger partial charge < -0.3 is 9.80 Å². The smallest absolute Gasteiger partial charge is 0.265 e. The first-order valence-corrected chi connectivity index (χ1v) is 7.00. The van der Waals surface area contributed by atoms with Gasteiger partial charge in [0.05, 0.1) is 0 Å². The minimum atomic E-state index is -2.50. The molecule has 22 heavy (non-hydrogen) atoms. The highest BCUT2D eigenvalue weighted by Crippen LogP contribution is 2.21. The van der Waals surface area contributed by atoms with Crippen LogP contribution >= 0.6 is 0 Å². The number of halogens is 3. The molecule has 0 unspecified atom stereocenters. The van der Waals surface area contributed by atoms with Crippen molar-refractivity contribution in [2.75, 3.05) is 36.0 Å². The fraction of sp³-hybridized carbons (Fsp3) is 0.333. The minimum Gasteiger partial charge on any atom is -0.353 e. The molecule has 1 aliphatic heterocycles. The van der Waals surface area contributed by atoms with Gasteiger partial charge in [-0.1, -0.05) is 6.07 Å². The minimum absolute atomic E-state index is 0.0775. The van der Waals surface area contributed by atoms with E-state index in [2.05, 4.69) is 9.97 Å². The molecule has 1 saturated heterocycles. The Bertz CT molecular complexity index is 625. The lowest BCUT2D eigenvalue weighted by Crippen LogP contribution is -2.47. The molecule has 116 valence electrons. The highest BCUT2D eigenvalue weighted by molar-refractivity contribution is 5.45. The van der Waals surface area contributed by atoms with E-state index in [1.807, 2.05) is 9.80 Å². The summed E-state index contributed by atoms with van der Waals surface area (Å²) in [6.07, 6.45) is -1.29. The number of rotatable bonds is 3.